The average Bonchev–Trinajstić information content (AvgIpc) is 2.78. The summed E-state index contributed by atoms with van der Waals surface area (Å²) >= 11 is 0. The van der Waals surface area contributed by atoms with Crippen molar-refractivity contribution in [2.24, 2.45) is 0 Å². The van der Waals surface area contributed by atoms with Crippen molar-refractivity contribution in [3.63, 3.8) is 0 Å². The SMILES string of the molecule is OB(NCCCCc1ccc2ccc3cccc4ccc1c2c34)c1ccccc1. The standard InChI is InChI=1S/C26H24BNO/c29-27(23-10-2-1-3-11-23)28-18-5-4-7-19-12-13-22-15-14-20-8-6-9-21-16-17-24(19)26(22)25(20)21/h1-3,6,8-17,28-29H,4-5,7,18H2. The third-order valence-corrected chi connectivity index (χ3v) is 5.94. The van der Waals surface area contributed by atoms with E-state index in [4.69, 9.17) is 0 Å². The van der Waals surface area contributed by atoms with Gasteiger partial charge < -0.3 is 10.3 Å². The lowest BCUT2D eigenvalue weighted by Gasteiger charge is -2.14. The molecule has 29 heavy (non-hydrogen) atoms. The van der Waals surface area contributed by atoms with Gasteiger partial charge in [0.1, 0.15) is 0 Å². The quantitative estimate of drug-likeness (QED) is 0.241. The molecule has 2 N–H and O–H groups in total. The summed E-state index contributed by atoms with van der Waals surface area (Å²) in [6.45, 7) is 0.807. The first-order valence-electron chi connectivity index (χ1n) is 10.4. The number of nitrogens with one attached hydrogen (secondary N) is 1. The van der Waals surface area contributed by atoms with Gasteiger partial charge in [0.15, 0.2) is 0 Å². The normalized spacial score (nSPS) is 11.6. The Labute approximate surface area is 171 Å². The minimum absolute atomic E-state index is 0.592. The van der Waals surface area contributed by atoms with E-state index >= 15 is 0 Å². The van der Waals surface area contributed by atoms with E-state index in [1.165, 1.54) is 37.9 Å². The minimum atomic E-state index is -0.592. The van der Waals surface area contributed by atoms with Crippen LogP contribution in [-0.2, 0) is 6.42 Å². The van der Waals surface area contributed by atoms with E-state index < -0.39 is 7.05 Å². The second-order valence-electron chi connectivity index (χ2n) is 7.81. The third kappa shape index (κ3) is 3.48. The fraction of sp³-hybridized carbons (Fsp3) is 0.154. The zero-order valence-electron chi connectivity index (χ0n) is 16.4. The molecule has 2 nitrogen and oxygen atoms in total. The van der Waals surface area contributed by atoms with Gasteiger partial charge in [0, 0.05) is 0 Å². The largest absolute Gasteiger partial charge is 0.433 e. The Bertz CT molecular complexity index is 1240. The van der Waals surface area contributed by atoms with E-state index in [2.05, 4.69) is 59.8 Å². The predicted molar refractivity (Wildman–Crippen MR) is 125 cm³/mol. The highest BCUT2D eigenvalue weighted by Gasteiger charge is 2.13. The van der Waals surface area contributed by atoms with Gasteiger partial charge in [0.2, 0.25) is 0 Å². The van der Waals surface area contributed by atoms with Crippen molar-refractivity contribution in [1.82, 2.24) is 5.23 Å². The van der Waals surface area contributed by atoms with Gasteiger partial charge in [-0.1, -0.05) is 84.9 Å². The molecular formula is C26H24BNO. The summed E-state index contributed by atoms with van der Waals surface area (Å²) in [7, 11) is -0.592. The second-order valence-corrected chi connectivity index (χ2v) is 7.81. The average molecular weight is 377 g/mol. The molecule has 0 aromatic heterocycles. The van der Waals surface area contributed by atoms with Crippen LogP contribution in [-0.4, -0.2) is 18.6 Å². The Kier molecular flexibility index (Phi) is 4.93. The van der Waals surface area contributed by atoms with Gasteiger partial charge in [-0.15, -0.1) is 0 Å². The van der Waals surface area contributed by atoms with Crippen molar-refractivity contribution in [2.45, 2.75) is 19.3 Å². The van der Waals surface area contributed by atoms with Gasteiger partial charge in [-0.05, 0) is 69.2 Å². The molecule has 0 fully saturated rings. The molecule has 0 aliphatic heterocycles. The summed E-state index contributed by atoms with van der Waals surface area (Å²) in [5, 5.41) is 21.6. The molecule has 0 aliphatic rings. The highest BCUT2D eigenvalue weighted by Crippen LogP contribution is 2.36. The lowest BCUT2D eigenvalue weighted by Crippen LogP contribution is -2.45. The maximum atomic E-state index is 10.2. The van der Waals surface area contributed by atoms with Gasteiger partial charge >= 0.3 is 7.05 Å². The van der Waals surface area contributed by atoms with Gasteiger partial charge in [0.05, 0.1) is 0 Å². The molecule has 142 valence electrons. The van der Waals surface area contributed by atoms with Crippen molar-refractivity contribution < 1.29 is 5.02 Å². The van der Waals surface area contributed by atoms with Gasteiger partial charge in [-0.25, -0.2) is 0 Å². The molecule has 0 amide bonds. The molecular weight excluding hydrogens is 353 g/mol. The van der Waals surface area contributed by atoms with E-state index in [9.17, 15) is 5.02 Å². The van der Waals surface area contributed by atoms with Crippen molar-refractivity contribution in [1.29, 1.82) is 0 Å². The number of hydrogen-bond donors (Lipinski definition) is 2. The summed E-state index contributed by atoms with van der Waals surface area (Å²) in [4.78, 5) is 0. The molecule has 5 rings (SSSR count). The molecule has 0 radical (unpaired) electrons. The zero-order valence-corrected chi connectivity index (χ0v) is 16.4. The molecule has 5 aromatic rings. The van der Waals surface area contributed by atoms with Crippen LogP contribution in [0, 0.1) is 0 Å². The maximum absolute atomic E-state index is 10.2. The Balaban J connectivity index is 1.30. The molecule has 5 aromatic carbocycles. The fourth-order valence-corrected chi connectivity index (χ4v) is 4.45. The summed E-state index contributed by atoms with van der Waals surface area (Å²) < 4.78 is 0. The van der Waals surface area contributed by atoms with Gasteiger partial charge in [-0.3, -0.25) is 0 Å². The zero-order chi connectivity index (χ0) is 19.6. The number of unbranched alkanes of at least 4 members (excludes halogenated alkanes) is 1. The molecule has 0 unspecified atom stereocenters. The van der Waals surface area contributed by atoms with Crippen molar-refractivity contribution >= 4 is 44.8 Å². The van der Waals surface area contributed by atoms with Crippen LogP contribution in [0.4, 0.5) is 0 Å². The highest BCUT2D eigenvalue weighted by atomic mass is 16.2. The predicted octanol–water partition coefficient (Wildman–Crippen LogP) is 4.88. The van der Waals surface area contributed by atoms with Crippen LogP contribution in [0.3, 0.4) is 0 Å². The van der Waals surface area contributed by atoms with Crippen molar-refractivity contribution in [3.8, 4) is 0 Å². The summed E-state index contributed by atoms with van der Waals surface area (Å²) in [6, 6.07) is 29.9. The van der Waals surface area contributed by atoms with Crippen molar-refractivity contribution in [2.75, 3.05) is 6.54 Å². The smallest absolute Gasteiger partial charge is 0.413 e. The lowest BCUT2D eigenvalue weighted by molar-refractivity contribution is 0.555. The van der Waals surface area contributed by atoms with Gasteiger partial charge in [-0.2, -0.15) is 0 Å². The number of hydrogen-bond acceptors (Lipinski definition) is 2. The molecule has 0 saturated heterocycles. The van der Waals surface area contributed by atoms with E-state index in [0.717, 1.165) is 31.3 Å². The topological polar surface area (TPSA) is 32.3 Å². The number of rotatable bonds is 7. The minimum Gasteiger partial charge on any atom is -0.433 e. The molecule has 0 aliphatic carbocycles. The van der Waals surface area contributed by atoms with E-state index in [0.29, 0.717) is 0 Å². The first-order valence-corrected chi connectivity index (χ1v) is 10.4. The molecule has 0 saturated carbocycles. The first-order chi connectivity index (χ1) is 14.3. The third-order valence-electron chi connectivity index (χ3n) is 5.94. The van der Waals surface area contributed by atoms with Crippen LogP contribution in [0.2, 0.25) is 0 Å². The fourth-order valence-electron chi connectivity index (χ4n) is 4.45. The monoisotopic (exact) mass is 377 g/mol. The van der Waals surface area contributed by atoms with Crippen LogP contribution >= 0.6 is 0 Å². The molecule has 0 bridgehead atoms. The summed E-state index contributed by atoms with van der Waals surface area (Å²) in [6.07, 6.45) is 3.18. The second kappa shape index (κ2) is 7.86. The van der Waals surface area contributed by atoms with Crippen molar-refractivity contribution in [3.05, 3.63) is 90.5 Å². The number of aryl methyl sites for hydroxylation is 1. The molecule has 0 heterocycles. The van der Waals surface area contributed by atoms with Crippen LogP contribution in [0.25, 0.3) is 32.3 Å². The van der Waals surface area contributed by atoms with Gasteiger partial charge in [0.25, 0.3) is 0 Å². The van der Waals surface area contributed by atoms with E-state index in [-0.39, 0.29) is 0 Å². The summed E-state index contributed by atoms with van der Waals surface area (Å²) in [5.74, 6) is 0. The van der Waals surface area contributed by atoms with E-state index in [1.54, 1.807) is 0 Å². The summed E-state index contributed by atoms with van der Waals surface area (Å²) in [5.41, 5.74) is 2.33. The van der Waals surface area contributed by atoms with Crippen LogP contribution in [0.5, 0.6) is 0 Å². The molecule has 0 spiro atoms. The highest BCUT2D eigenvalue weighted by molar-refractivity contribution is 6.63. The lowest BCUT2D eigenvalue weighted by atomic mass is 9.74. The van der Waals surface area contributed by atoms with Crippen LogP contribution in [0.1, 0.15) is 18.4 Å². The molecule has 3 heteroatoms. The van der Waals surface area contributed by atoms with Crippen LogP contribution in [0.15, 0.2) is 84.9 Å². The number of benzene rings is 5. The first kappa shape index (κ1) is 18.2. The Hall–Kier alpha value is -2.88. The van der Waals surface area contributed by atoms with E-state index in [1.807, 2.05) is 30.3 Å². The Morgan fingerprint density at radius 3 is 2.14 bits per heavy atom. The van der Waals surface area contributed by atoms with Crippen LogP contribution < -0.4 is 10.7 Å². The Morgan fingerprint density at radius 1 is 0.655 bits per heavy atom. The Morgan fingerprint density at radius 2 is 1.34 bits per heavy atom. The molecule has 0 atom stereocenters. The maximum Gasteiger partial charge on any atom is 0.413 e.